The largest absolute Gasteiger partial charge is 0.370 e. The number of carbonyl (C=O) groups excluding carboxylic acids is 12. The number of fused-ring (bicyclic) bond motifs is 1. The molecule has 0 radical (unpaired) electrons. The van der Waals surface area contributed by atoms with Crippen LogP contribution in [0, 0.1) is 11.8 Å². The molecule has 2 unspecified atom stereocenters. The molecule has 89 heavy (non-hydrogen) atoms. The number of hydrogen-bond acceptors (Lipinski definition) is 15. The van der Waals surface area contributed by atoms with Crippen molar-refractivity contribution in [1.82, 2.24) is 52.8 Å². The molecular weight excluding hydrogens is 1150 g/mol. The number of nitrogens with one attached hydrogen (secondary N) is 10. The number of rotatable bonds is 42. The molecule has 490 valence electrons. The first-order valence-corrected chi connectivity index (χ1v) is 29.8. The summed E-state index contributed by atoms with van der Waals surface area (Å²) in [6, 6.07) is 3.52. The second-order valence-electron chi connectivity index (χ2n) is 22.0. The Morgan fingerprint density at radius 3 is 1.42 bits per heavy atom. The van der Waals surface area contributed by atoms with Crippen molar-refractivity contribution in [2.24, 2.45) is 57.0 Å². The molecule has 0 saturated carbocycles. The minimum atomic E-state index is -1.46. The maximum absolute atomic E-state index is 15.0. The highest BCUT2D eigenvalue weighted by Crippen LogP contribution is 2.21. The lowest BCUT2D eigenvalue weighted by Crippen LogP contribution is -2.62. The summed E-state index contributed by atoms with van der Waals surface area (Å²) in [6.45, 7) is 7.24. The molecule has 3 rings (SSSR count). The van der Waals surface area contributed by atoms with Crippen molar-refractivity contribution in [3.63, 3.8) is 0 Å². The highest BCUT2D eigenvalue weighted by Gasteiger charge is 2.38. The summed E-state index contributed by atoms with van der Waals surface area (Å²) in [5, 5.41) is 24.8. The molecular formula is C59H92N18O12. The van der Waals surface area contributed by atoms with E-state index in [0.717, 1.165) is 0 Å². The second-order valence-corrected chi connectivity index (χ2v) is 22.0. The smallest absolute Gasteiger partial charge is 0.243 e. The number of H-pyrrole nitrogens is 1. The number of unbranched alkanes of at least 4 members (excludes halogenated alkanes) is 1. The van der Waals surface area contributed by atoms with Crippen LogP contribution in [0.1, 0.15) is 116 Å². The Morgan fingerprint density at radius 2 is 0.921 bits per heavy atom. The standard InChI is InChI=1S/C59H92N18O12/c1-6-32(3)48(58(89)73-41(23-25-46(62)79)51(82)70-38(50(64)81)21-15-27-68-59(65)66)76-53(84)39(20-13-14-26-60)72-57(88)49(33(4)7-2)77-56(87)44(29-35-31-69-37-19-12-11-18-36(35)37)75-55(86)43(28-34-16-9-8-10-17-34)74-52(83)40(22-24-45(61)78)71-54(85)42(67-5)30-47(63)80/h8-12,16-19,31-33,38-44,48-49,67,69H,6-7,13-15,20-30,60H2,1-5H3,(H2,61,78)(H2,62,79)(H2,63,80)(H2,64,81)(H,70,82)(H,71,85)(H,72,88)(H,73,89)(H,74,83)(H,75,86)(H,76,84)(H,77,87)(H4,65,66,68)/t32?,33?,38-,39+,40+,41+,42+,43+,44+,48+,49+/m0/s1. The molecule has 12 amide bonds. The molecule has 30 nitrogen and oxygen atoms in total. The molecule has 0 aliphatic carbocycles. The number of aromatic amines is 1. The average Bonchev–Trinajstić information content (AvgIpc) is 3.96. The van der Waals surface area contributed by atoms with Crippen LogP contribution in [-0.4, -0.2) is 156 Å². The van der Waals surface area contributed by atoms with Crippen molar-refractivity contribution < 1.29 is 57.5 Å². The molecule has 0 aliphatic rings. The zero-order chi connectivity index (χ0) is 66.3. The predicted octanol–water partition coefficient (Wildman–Crippen LogP) is -3.41. The van der Waals surface area contributed by atoms with Crippen LogP contribution in [0.3, 0.4) is 0 Å². The van der Waals surface area contributed by atoms with E-state index >= 15 is 4.79 Å². The van der Waals surface area contributed by atoms with E-state index in [0.29, 0.717) is 47.7 Å². The van der Waals surface area contributed by atoms with E-state index in [2.05, 4.69) is 57.8 Å². The summed E-state index contributed by atoms with van der Waals surface area (Å²) < 4.78 is 0. The van der Waals surface area contributed by atoms with Gasteiger partial charge in [0.2, 0.25) is 70.9 Å². The van der Waals surface area contributed by atoms with E-state index < -0.39 is 144 Å². The maximum Gasteiger partial charge on any atom is 0.243 e. The number of guanidine groups is 1. The van der Waals surface area contributed by atoms with Crippen molar-refractivity contribution in [3.8, 4) is 0 Å². The summed E-state index contributed by atoms with van der Waals surface area (Å²) in [5.74, 6) is -11.5. The van der Waals surface area contributed by atoms with Gasteiger partial charge in [-0.15, -0.1) is 0 Å². The van der Waals surface area contributed by atoms with Gasteiger partial charge in [0, 0.05) is 49.3 Å². The quantitative estimate of drug-likeness (QED) is 0.0149. The van der Waals surface area contributed by atoms with Gasteiger partial charge in [-0.2, -0.15) is 0 Å². The molecule has 0 fully saturated rings. The number of likely N-dealkylation sites (N-methyl/N-ethyl adjacent to an activating group) is 1. The van der Waals surface area contributed by atoms with Crippen molar-refractivity contribution in [2.75, 3.05) is 20.1 Å². The number of amides is 12. The number of primary amides is 4. The Balaban J connectivity index is 2.04. The van der Waals surface area contributed by atoms with E-state index in [-0.39, 0.29) is 76.8 Å². The average molecular weight is 1250 g/mol. The van der Waals surface area contributed by atoms with Crippen LogP contribution in [0.4, 0.5) is 0 Å². The predicted molar refractivity (Wildman–Crippen MR) is 332 cm³/mol. The minimum Gasteiger partial charge on any atom is -0.370 e. The Labute approximate surface area is 517 Å². The number of nitrogens with zero attached hydrogens (tertiary/aromatic N) is 1. The fraction of sp³-hybridized carbons (Fsp3) is 0.542. The second kappa shape index (κ2) is 38.2. The summed E-state index contributed by atoms with van der Waals surface area (Å²) in [5.41, 5.74) is 40.3. The highest BCUT2D eigenvalue weighted by molar-refractivity contribution is 5.99. The minimum absolute atomic E-state index is 0.0103. The first-order valence-electron chi connectivity index (χ1n) is 29.8. The van der Waals surface area contributed by atoms with Gasteiger partial charge in [0.05, 0.1) is 12.5 Å². The van der Waals surface area contributed by atoms with Crippen molar-refractivity contribution in [1.29, 1.82) is 0 Å². The third-order valence-corrected chi connectivity index (χ3v) is 15.1. The lowest BCUT2D eigenvalue weighted by molar-refractivity contribution is -0.137. The Hall–Kier alpha value is -9.19. The van der Waals surface area contributed by atoms with Gasteiger partial charge in [0.25, 0.3) is 0 Å². The zero-order valence-corrected chi connectivity index (χ0v) is 51.3. The van der Waals surface area contributed by atoms with E-state index in [1.54, 1.807) is 76.4 Å². The van der Waals surface area contributed by atoms with Gasteiger partial charge >= 0.3 is 0 Å². The van der Waals surface area contributed by atoms with Crippen LogP contribution in [-0.2, 0) is 70.4 Å². The lowest BCUT2D eigenvalue weighted by Gasteiger charge is -2.31. The van der Waals surface area contributed by atoms with Gasteiger partial charge < -0.3 is 93.0 Å². The first kappa shape index (κ1) is 74.1. The number of nitrogens with two attached hydrogens (primary N) is 7. The zero-order valence-electron chi connectivity index (χ0n) is 51.3. The third-order valence-electron chi connectivity index (χ3n) is 15.1. The Morgan fingerprint density at radius 1 is 0.483 bits per heavy atom. The molecule has 3 aromatic rings. The van der Waals surface area contributed by atoms with Crippen LogP contribution in [0.15, 0.2) is 65.8 Å². The molecule has 0 bridgehead atoms. The lowest BCUT2D eigenvalue weighted by atomic mass is 9.95. The highest BCUT2D eigenvalue weighted by atomic mass is 16.2. The molecule has 1 aromatic heterocycles. The van der Waals surface area contributed by atoms with Crippen molar-refractivity contribution >= 4 is 87.7 Å². The number of para-hydroxylation sites is 1. The van der Waals surface area contributed by atoms with E-state index in [9.17, 15) is 52.7 Å². The third kappa shape index (κ3) is 25.6. The van der Waals surface area contributed by atoms with Gasteiger partial charge in [-0.1, -0.05) is 89.1 Å². The topological polar surface area (TPSA) is 523 Å². The number of aliphatic imine (C=N–C) groups is 1. The molecule has 11 atom stereocenters. The molecule has 30 heteroatoms. The van der Waals surface area contributed by atoms with Gasteiger partial charge in [-0.25, -0.2) is 0 Å². The molecule has 2 aromatic carbocycles. The maximum atomic E-state index is 15.0. The first-order chi connectivity index (χ1) is 42.2. The van der Waals surface area contributed by atoms with Crippen molar-refractivity contribution in [2.45, 2.75) is 172 Å². The van der Waals surface area contributed by atoms with Crippen LogP contribution in [0.25, 0.3) is 10.9 Å². The summed E-state index contributed by atoms with van der Waals surface area (Å²) >= 11 is 0. The number of carbonyl (C=O) groups is 12. The fourth-order valence-electron chi connectivity index (χ4n) is 9.50. The molecule has 0 saturated heterocycles. The van der Waals surface area contributed by atoms with Gasteiger partial charge in [-0.05, 0) is 87.6 Å². The molecule has 24 N–H and O–H groups in total. The SMILES string of the molecule is CCC(C)[C@@H](NC(=O)[C@@H](CCCCN)NC(=O)[C@H](NC(=O)[C@@H](Cc1c[nH]c2ccccc12)NC(=O)[C@@H](Cc1ccccc1)NC(=O)[C@@H](CCC(N)=O)NC(=O)[C@@H](CC(N)=O)NC)C(C)CC)C(=O)N[C@H](CCC(N)=O)C(=O)N[C@@H](CCCN=C(N)N)C(N)=O. The monoisotopic (exact) mass is 1240 g/mol. The number of benzene rings is 2. The van der Waals surface area contributed by atoms with Crippen LogP contribution in [0.2, 0.25) is 0 Å². The summed E-state index contributed by atoms with van der Waals surface area (Å²) in [6.07, 6.45) is 1.25. The van der Waals surface area contributed by atoms with E-state index in [1.807, 2.05) is 12.1 Å². The van der Waals surface area contributed by atoms with E-state index in [4.69, 9.17) is 40.1 Å². The van der Waals surface area contributed by atoms with Gasteiger partial charge in [0.1, 0.15) is 48.3 Å². The fourth-order valence-corrected chi connectivity index (χ4v) is 9.50. The molecule has 0 aliphatic heterocycles. The van der Waals surface area contributed by atoms with E-state index in [1.165, 1.54) is 7.05 Å². The van der Waals surface area contributed by atoms with Gasteiger partial charge in [0.15, 0.2) is 5.96 Å². The summed E-state index contributed by atoms with van der Waals surface area (Å²) in [7, 11) is 1.40. The van der Waals surface area contributed by atoms with Gasteiger partial charge in [-0.3, -0.25) is 62.5 Å². The summed E-state index contributed by atoms with van der Waals surface area (Å²) in [4.78, 5) is 170. The molecule has 0 spiro atoms. The van der Waals surface area contributed by atoms with Crippen LogP contribution in [0.5, 0.6) is 0 Å². The van der Waals surface area contributed by atoms with Crippen LogP contribution >= 0.6 is 0 Å². The Bertz CT molecular complexity index is 2920. The molecule has 1 heterocycles. The van der Waals surface area contributed by atoms with Crippen molar-refractivity contribution in [3.05, 3.63) is 71.9 Å². The van der Waals surface area contributed by atoms with Crippen LogP contribution < -0.4 is 88.0 Å². The number of hydrogen-bond donors (Lipinski definition) is 17. The normalized spacial score (nSPS) is 14.8. The number of aromatic nitrogens is 1. The Kier molecular flexibility index (Phi) is 31.8.